The van der Waals surface area contributed by atoms with Crippen LogP contribution >= 0.6 is 0 Å². The van der Waals surface area contributed by atoms with Gasteiger partial charge in [0.1, 0.15) is 29.9 Å². The summed E-state index contributed by atoms with van der Waals surface area (Å²) in [6.07, 6.45) is 1.77. The van der Waals surface area contributed by atoms with E-state index in [4.69, 9.17) is 10.00 Å². The number of carboxylic acid groups (broad SMARTS) is 1. The highest BCUT2D eigenvalue weighted by Crippen LogP contribution is 2.48. The summed E-state index contributed by atoms with van der Waals surface area (Å²) in [5, 5.41) is 18.3. The number of aromatic nitrogens is 4. The van der Waals surface area contributed by atoms with Crippen molar-refractivity contribution in [2.75, 3.05) is 6.67 Å². The van der Waals surface area contributed by atoms with Crippen molar-refractivity contribution in [2.45, 2.75) is 32.4 Å². The number of benzene rings is 3. The first kappa shape index (κ1) is 29.7. The number of imidazole rings is 1. The summed E-state index contributed by atoms with van der Waals surface area (Å²) in [4.78, 5) is 23.7. The Morgan fingerprint density at radius 1 is 0.978 bits per heavy atom. The predicted molar refractivity (Wildman–Crippen MR) is 150 cm³/mol. The minimum atomic E-state index is -1.15. The molecule has 3 aromatic carbocycles. The van der Waals surface area contributed by atoms with Gasteiger partial charge >= 0.3 is 5.97 Å². The molecule has 45 heavy (non-hydrogen) atoms. The molecule has 1 aliphatic rings. The van der Waals surface area contributed by atoms with Crippen molar-refractivity contribution in [3.63, 3.8) is 0 Å². The predicted octanol–water partition coefficient (Wildman–Crippen LogP) is 6.54. The maximum Gasteiger partial charge on any atom is 0.335 e. The van der Waals surface area contributed by atoms with Crippen LogP contribution in [0, 0.1) is 40.0 Å². The first-order valence-corrected chi connectivity index (χ1v) is 13.7. The van der Waals surface area contributed by atoms with E-state index in [1.807, 2.05) is 0 Å². The third-order valence-electron chi connectivity index (χ3n) is 7.79. The first-order chi connectivity index (χ1) is 21.6. The number of hydrogen-bond donors (Lipinski definition) is 1. The molecule has 2 aromatic heterocycles. The lowest BCUT2D eigenvalue weighted by molar-refractivity contribution is 0.0697. The number of nitriles is 1. The largest absolute Gasteiger partial charge is 0.478 e. The monoisotopic (exact) mass is 619 g/mol. The second-order valence-electron chi connectivity index (χ2n) is 10.9. The Kier molecular flexibility index (Phi) is 7.66. The quantitative estimate of drug-likeness (QED) is 0.177. The number of carboxylic acids is 1. The zero-order valence-corrected chi connectivity index (χ0v) is 23.3. The molecule has 0 atom stereocenters. The number of halogens is 5. The Morgan fingerprint density at radius 3 is 2.44 bits per heavy atom. The summed E-state index contributed by atoms with van der Waals surface area (Å²) in [5.41, 5.74) is -0.132. The van der Waals surface area contributed by atoms with Crippen LogP contribution in [-0.4, -0.2) is 37.3 Å². The van der Waals surface area contributed by atoms with Gasteiger partial charge in [0.15, 0.2) is 5.82 Å². The van der Waals surface area contributed by atoms with Gasteiger partial charge in [-0.3, -0.25) is 4.39 Å². The third-order valence-corrected chi connectivity index (χ3v) is 7.79. The smallest absolute Gasteiger partial charge is 0.335 e. The van der Waals surface area contributed by atoms with E-state index in [0.717, 1.165) is 18.2 Å². The number of rotatable bonds is 10. The van der Waals surface area contributed by atoms with Gasteiger partial charge in [-0.1, -0.05) is 6.07 Å². The molecule has 5 aromatic rings. The summed E-state index contributed by atoms with van der Waals surface area (Å²) in [5.74, 6) is -5.41. The van der Waals surface area contributed by atoms with Crippen molar-refractivity contribution in [1.82, 2.24) is 19.5 Å². The Bertz CT molecular complexity index is 2020. The van der Waals surface area contributed by atoms with Gasteiger partial charge in [-0.15, -0.1) is 0 Å². The van der Waals surface area contributed by atoms with Crippen molar-refractivity contribution >= 4 is 17.0 Å². The number of carbonyl (C=O) groups is 1. The van der Waals surface area contributed by atoms with Crippen LogP contribution in [0.25, 0.3) is 22.4 Å². The van der Waals surface area contributed by atoms with Gasteiger partial charge in [-0.05, 0) is 60.9 Å². The van der Waals surface area contributed by atoms with E-state index >= 15 is 8.78 Å². The molecule has 0 spiro atoms. The van der Waals surface area contributed by atoms with Crippen LogP contribution in [0.3, 0.4) is 0 Å². The molecule has 0 amide bonds. The molecule has 1 N–H and O–H groups in total. The fraction of sp³-hybridized carbons (Fsp3) is 0.219. The van der Waals surface area contributed by atoms with Crippen LogP contribution in [0.1, 0.15) is 45.7 Å². The van der Waals surface area contributed by atoms with Gasteiger partial charge < -0.3 is 14.4 Å². The van der Waals surface area contributed by atoms with E-state index in [2.05, 4.69) is 15.0 Å². The van der Waals surface area contributed by atoms with Crippen LogP contribution in [0.15, 0.2) is 54.7 Å². The van der Waals surface area contributed by atoms with E-state index in [1.165, 1.54) is 30.3 Å². The highest BCUT2D eigenvalue weighted by Gasteiger charge is 2.44. The number of ether oxygens (including phenoxy) is 1. The van der Waals surface area contributed by atoms with Gasteiger partial charge in [0, 0.05) is 23.9 Å². The summed E-state index contributed by atoms with van der Waals surface area (Å²) in [6, 6.07) is 11.5. The van der Waals surface area contributed by atoms with Crippen LogP contribution in [0.5, 0.6) is 5.88 Å². The SMILES string of the molecule is N#Cc1ccc(COc2nc(-c3cc(F)c(Cc4nc5ccc(C(=O)O)cc5n4CC4(CF)CC4)cc3F)ncc2F)c(F)c1. The van der Waals surface area contributed by atoms with E-state index in [9.17, 15) is 23.1 Å². The van der Waals surface area contributed by atoms with Gasteiger partial charge in [0.2, 0.25) is 5.82 Å². The zero-order valence-electron chi connectivity index (χ0n) is 23.3. The van der Waals surface area contributed by atoms with Crippen LogP contribution in [0.2, 0.25) is 0 Å². The summed E-state index contributed by atoms with van der Waals surface area (Å²) >= 11 is 0. The molecule has 1 aliphatic carbocycles. The molecule has 13 heteroatoms. The van der Waals surface area contributed by atoms with E-state index in [-0.39, 0.29) is 46.6 Å². The molecule has 0 aliphatic heterocycles. The lowest BCUT2D eigenvalue weighted by atomic mass is 10.1. The number of fused-ring (bicyclic) bond motifs is 1. The highest BCUT2D eigenvalue weighted by molar-refractivity contribution is 5.92. The molecular formula is C32H22F5N5O3. The Morgan fingerprint density at radius 2 is 1.76 bits per heavy atom. The molecule has 228 valence electrons. The molecule has 0 radical (unpaired) electrons. The maximum atomic E-state index is 15.5. The molecule has 8 nitrogen and oxygen atoms in total. The number of nitrogens with zero attached hydrogens (tertiary/aromatic N) is 5. The number of hydrogen-bond acceptors (Lipinski definition) is 6. The summed E-state index contributed by atoms with van der Waals surface area (Å²) in [7, 11) is 0. The van der Waals surface area contributed by atoms with Crippen molar-refractivity contribution in [3.8, 4) is 23.3 Å². The minimum absolute atomic E-state index is 0.00607. The summed E-state index contributed by atoms with van der Waals surface area (Å²) < 4.78 is 80.3. The average molecular weight is 620 g/mol. The Labute approximate surface area is 252 Å². The van der Waals surface area contributed by atoms with Gasteiger partial charge in [0.25, 0.3) is 5.88 Å². The second kappa shape index (κ2) is 11.6. The fourth-order valence-corrected chi connectivity index (χ4v) is 4.99. The molecule has 1 saturated carbocycles. The lowest BCUT2D eigenvalue weighted by Crippen LogP contribution is -2.16. The van der Waals surface area contributed by atoms with E-state index in [0.29, 0.717) is 35.9 Å². The van der Waals surface area contributed by atoms with Crippen LogP contribution in [-0.2, 0) is 19.6 Å². The van der Waals surface area contributed by atoms with Crippen LogP contribution < -0.4 is 4.74 Å². The first-order valence-electron chi connectivity index (χ1n) is 13.7. The van der Waals surface area contributed by atoms with E-state index in [1.54, 1.807) is 10.6 Å². The zero-order chi connectivity index (χ0) is 31.9. The minimum Gasteiger partial charge on any atom is -0.478 e. The third kappa shape index (κ3) is 5.91. The summed E-state index contributed by atoms with van der Waals surface area (Å²) in [6.45, 7) is -0.854. The lowest BCUT2D eigenvalue weighted by Gasteiger charge is -2.16. The Hall–Kier alpha value is -5.38. The molecule has 0 bridgehead atoms. The molecule has 6 rings (SSSR count). The van der Waals surface area contributed by atoms with Gasteiger partial charge in [-0.2, -0.15) is 14.6 Å². The molecule has 0 unspecified atom stereocenters. The van der Waals surface area contributed by atoms with E-state index < -0.39 is 53.8 Å². The second-order valence-corrected chi connectivity index (χ2v) is 10.9. The molecule has 1 fully saturated rings. The van der Waals surface area contributed by atoms with Gasteiger partial charge in [-0.25, -0.2) is 27.9 Å². The maximum absolute atomic E-state index is 15.5. The van der Waals surface area contributed by atoms with Gasteiger partial charge in [0.05, 0.1) is 46.7 Å². The molecule has 0 saturated heterocycles. The molecule has 2 heterocycles. The van der Waals surface area contributed by atoms with Crippen molar-refractivity contribution in [2.24, 2.45) is 5.41 Å². The fourth-order valence-electron chi connectivity index (χ4n) is 4.99. The normalized spacial score (nSPS) is 13.5. The average Bonchev–Trinajstić information content (AvgIpc) is 3.73. The van der Waals surface area contributed by atoms with Crippen molar-refractivity contribution in [3.05, 3.63) is 106 Å². The number of alkyl halides is 1. The highest BCUT2D eigenvalue weighted by atomic mass is 19.1. The van der Waals surface area contributed by atoms with Crippen LogP contribution in [0.4, 0.5) is 22.0 Å². The Balaban J connectivity index is 1.29. The number of aromatic carboxylic acids is 1. The standard InChI is InChI=1S/C32H22F5N5O3/c33-15-32(5-6-32)16-42-27-9-18(31(43)44)3-4-26(27)40-28(42)10-20-8-24(36)21(11-23(20)35)29-39-13-25(37)30(41-29)45-14-19-2-1-17(12-38)7-22(19)34/h1-4,7-9,11,13H,5-6,10,14-16H2,(H,43,44). The molecular weight excluding hydrogens is 597 g/mol. The topological polar surface area (TPSA) is 114 Å². The van der Waals surface area contributed by atoms with Crippen molar-refractivity contribution in [1.29, 1.82) is 5.26 Å². The van der Waals surface area contributed by atoms with Crippen molar-refractivity contribution < 1.29 is 36.6 Å².